The molecule has 8 heteroatoms. The lowest BCUT2D eigenvalue weighted by molar-refractivity contribution is 0.415. The van der Waals surface area contributed by atoms with Gasteiger partial charge in [0.2, 0.25) is 0 Å². The van der Waals surface area contributed by atoms with Gasteiger partial charge in [-0.15, -0.1) is 4.68 Å². The summed E-state index contributed by atoms with van der Waals surface area (Å²) in [6, 6.07) is 12.9. The average Bonchev–Trinajstić information content (AvgIpc) is 3.06. The first-order valence-electron chi connectivity index (χ1n) is 8.64. The van der Waals surface area contributed by atoms with Crippen LogP contribution in [-0.2, 0) is 0 Å². The van der Waals surface area contributed by atoms with Gasteiger partial charge < -0.3 is 19.6 Å². The van der Waals surface area contributed by atoms with Crippen molar-refractivity contribution in [1.29, 1.82) is 0 Å². The Bertz CT molecular complexity index is 1310. The molecule has 142 valence electrons. The minimum atomic E-state index is -0.602. The predicted octanol–water partition coefficient (Wildman–Crippen LogP) is 2.13. The fourth-order valence-corrected chi connectivity index (χ4v) is 3.04. The molecular formula is C20H19N5O3. The minimum Gasteiger partial charge on any atom is -0.497 e. The van der Waals surface area contributed by atoms with E-state index in [0.717, 1.165) is 21.3 Å². The molecule has 0 spiro atoms. The number of hydrogen-bond donors (Lipinski definition) is 2. The lowest BCUT2D eigenvalue weighted by atomic mass is 10.2. The molecule has 28 heavy (non-hydrogen) atoms. The summed E-state index contributed by atoms with van der Waals surface area (Å²) in [4.78, 5) is 33.0. The van der Waals surface area contributed by atoms with Crippen molar-refractivity contribution in [3.8, 4) is 5.75 Å². The van der Waals surface area contributed by atoms with Crippen LogP contribution >= 0.6 is 0 Å². The Morgan fingerprint density at radius 3 is 2.46 bits per heavy atom. The van der Waals surface area contributed by atoms with Crippen molar-refractivity contribution in [3.05, 3.63) is 68.9 Å². The first kappa shape index (κ1) is 17.6. The molecule has 0 aliphatic rings. The number of anilines is 1. The summed E-state index contributed by atoms with van der Waals surface area (Å²) in [5.41, 5.74) is 2.13. The zero-order valence-electron chi connectivity index (χ0n) is 15.7. The number of aromatic amines is 2. The van der Waals surface area contributed by atoms with E-state index in [1.165, 1.54) is 6.21 Å². The second-order valence-corrected chi connectivity index (χ2v) is 6.56. The Balaban J connectivity index is 1.80. The van der Waals surface area contributed by atoms with Gasteiger partial charge in [-0.05, 0) is 29.8 Å². The molecule has 0 aliphatic carbocycles. The van der Waals surface area contributed by atoms with Crippen molar-refractivity contribution >= 4 is 33.8 Å². The van der Waals surface area contributed by atoms with Gasteiger partial charge in [-0.25, -0.2) is 4.79 Å². The van der Waals surface area contributed by atoms with Crippen molar-refractivity contribution < 1.29 is 4.74 Å². The van der Waals surface area contributed by atoms with E-state index >= 15 is 0 Å². The van der Waals surface area contributed by atoms with Gasteiger partial charge in [0, 0.05) is 31.2 Å². The largest absolute Gasteiger partial charge is 0.497 e. The summed E-state index contributed by atoms with van der Waals surface area (Å²) < 4.78 is 6.02. The van der Waals surface area contributed by atoms with Crippen LogP contribution in [0.2, 0.25) is 0 Å². The topological polar surface area (TPSA) is 95.5 Å². The molecule has 0 saturated heterocycles. The van der Waals surface area contributed by atoms with Crippen LogP contribution in [0.3, 0.4) is 0 Å². The van der Waals surface area contributed by atoms with Crippen LogP contribution in [0.15, 0.2) is 57.2 Å². The highest BCUT2D eigenvalue weighted by atomic mass is 16.5. The van der Waals surface area contributed by atoms with Crippen LogP contribution in [-0.4, -0.2) is 42.1 Å². The molecule has 8 nitrogen and oxygen atoms in total. The molecular weight excluding hydrogens is 358 g/mol. The molecule has 4 aromatic rings. The van der Waals surface area contributed by atoms with Gasteiger partial charge in [0.15, 0.2) is 0 Å². The number of nitrogens with zero attached hydrogens (tertiary/aromatic N) is 3. The number of aromatic nitrogens is 3. The van der Waals surface area contributed by atoms with E-state index in [1.807, 2.05) is 43.3 Å². The fraction of sp³-hybridized carbons (Fsp3) is 0.150. The minimum absolute atomic E-state index is 0.281. The summed E-state index contributed by atoms with van der Waals surface area (Å²) in [6.45, 7) is 0. The van der Waals surface area contributed by atoms with Crippen LogP contribution in [0.4, 0.5) is 5.69 Å². The van der Waals surface area contributed by atoms with Crippen LogP contribution in [0.5, 0.6) is 5.75 Å². The molecule has 4 rings (SSSR count). The third-order valence-corrected chi connectivity index (χ3v) is 4.57. The Hall–Kier alpha value is -3.81. The first-order chi connectivity index (χ1) is 13.5. The van der Waals surface area contributed by atoms with Crippen molar-refractivity contribution in [2.75, 3.05) is 26.1 Å². The predicted molar refractivity (Wildman–Crippen MR) is 111 cm³/mol. The monoisotopic (exact) mass is 377 g/mol. The van der Waals surface area contributed by atoms with Gasteiger partial charge in [-0.2, -0.15) is 5.10 Å². The van der Waals surface area contributed by atoms with Gasteiger partial charge in [0.25, 0.3) is 0 Å². The maximum Gasteiger partial charge on any atom is 0.350 e. The van der Waals surface area contributed by atoms with E-state index in [1.54, 1.807) is 25.3 Å². The lowest BCUT2D eigenvalue weighted by Gasteiger charge is -2.11. The zero-order valence-corrected chi connectivity index (χ0v) is 15.7. The van der Waals surface area contributed by atoms with Gasteiger partial charge in [-0.1, -0.05) is 12.1 Å². The number of fused-ring (bicyclic) bond motifs is 3. The average molecular weight is 377 g/mol. The van der Waals surface area contributed by atoms with Crippen LogP contribution in [0.25, 0.3) is 21.9 Å². The number of nitrogens with one attached hydrogen (secondary N) is 2. The molecule has 2 N–H and O–H groups in total. The Morgan fingerprint density at radius 2 is 1.79 bits per heavy atom. The summed E-state index contributed by atoms with van der Waals surface area (Å²) in [6.07, 6.45) is 1.48. The maximum atomic E-state index is 12.8. The Labute approximate surface area is 159 Å². The van der Waals surface area contributed by atoms with Gasteiger partial charge in [0.05, 0.1) is 24.4 Å². The number of methoxy groups -OCH3 is 1. The Kier molecular flexibility index (Phi) is 4.23. The summed E-state index contributed by atoms with van der Waals surface area (Å²) in [5, 5.41) is 4.82. The number of rotatable bonds is 4. The fourth-order valence-electron chi connectivity index (χ4n) is 3.04. The van der Waals surface area contributed by atoms with E-state index in [0.29, 0.717) is 16.8 Å². The van der Waals surface area contributed by atoms with Gasteiger partial charge in [-0.3, -0.25) is 4.79 Å². The highest BCUT2D eigenvalue weighted by molar-refractivity contribution is 6.04. The molecule has 2 aromatic carbocycles. The molecule has 0 saturated carbocycles. The van der Waals surface area contributed by atoms with Crippen molar-refractivity contribution in [2.24, 2.45) is 5.10 Å². The SMILES string of the molecule is COc1ccc2c(c1)[nH]c1c(=O)n(N=Cc3ccc(N(C)C)cc3)c(=O)[nH]c12. The zero-order chi connectivity index (χ0) is 19.8. The third kappa shape index (κ3) is 2.94. The van der Waals surface area contributed by atoms with E-state index in [2.05, 4.69) is 15.1 Å². The van der Waals surface area contributed by atoms with Gasteiger partial charge >= 0.3 is 11.2 Å². The molecule has 2 aromatic heterocycles. The number of ether oxygens (including phenoxy) is 1. The highest BCUT2D eigenvalue weighted by Crippen LogP contribution is 2.24. The highest BCUT2D eigenvalue weighted by Gasteiger charge is 2.13. The van der Waals surface area contributed by atoms with E-state index < -0.39 is 11.2 Å². The van der Waals surface area contributed by atoms with Crippen molar-refractivity contribution in [3.63, 3.8) is 0 Å². The van der Waals surface area contributed by atoms with Crippen LogP contribution < -0.4 is 20.9 Å². The number of benzene rings is 2. The molecule has 0 unspecified atom stereocenters. The molecule has 0 atom stereocenters. The molecule has 0 fully saturated rings. The van der Waals surface area contributed by atoms with Crippen LogP contribution in [0, 0.1) is 0 Å². The smallest absolute Gasteiger partial charge is 0.350 e. The molecule has 0 amide bonds. The van der Waals surface area contributed by atoms with E-state index in [-0.39, 0.29) is 5.52 Å². The van der Waals surface area contributed by atoms with E-state index in [4.69, 9.17) is 4.74 Å². The number of H-pyrrole nitrogens is 2. The van der Waals surface area contributed by atoms with E-state index in [9.17, 15) is 9.59 Å². The molecule has 0 aliphatic heterocycles. The van der Waals surface area contributed by atoms with Crippen molar-refractivity contribution in [1.82, 2.24) is 14.6 Å². The molecule has 2 heterocycles. The second-order valence-electron chi connectivity index (χ2n) is 6.56. The first-order valence-corrected chi connectivity index (χ1v) is 8.64. The normalized spacial score (nSPS) is 11.5. The maximum absolute atomic E-state index is 12.8. The lowest BCUT2D eigenvalue weighted by Crippen LogP contribution is -2.32. The quantitative estimate of drug-likeness (QED) is 0.533. The third-order valence-electron chi connectivity index (χ3n) is 4.57. The molecule has 0 bridgehead atoms. The summed E-state index contributed by atoms with van der Waals surface area (Å²) in [7, 11) is 5.47. The summed E-state index contributed by atoms with van der Waals surface area (Å²) >= 11 is 0. The summed E-state index contributed by atoms with van der Waals surface area (Å²) in [5.74, 6) is 0.654. The Morgan fingerprint density at radius 1 is 1.04 bits per heavy atom. The van der Waals surface area contributed by atoms with Crippen molar-refractivity contribution in [2.45, 2.75) is 0 Å². The molecule has 0 radical (unpaired) electrons. The van der Waals surface area contributed by atoms with Crippen LogP contribution in [0.1, 0.15) is 5.56 Å². The van der Waals surface area contributed by atoms with Gasteiger partial charge in [0.1, 0.15) is 11.3 Å². The second kappa shape index (κ2) is 6.73. The number of hydrogen-bond acceptors (Lipinski definition) is 5. The standard InChI is InChI=1S/C20H19N5O3/c1-24(2)13-6-4-12(5-7-13)11-21-25-19(26)18-17(23-20(25)27)15-9-8-14(28-3)10-16(15)22-18/h4-11,22H,1-3H3,(H,23,27).